The standard InChI is InChI=1S/C15H15F4N5/c16-11-2-1-3-20-12(11)9-23-4-6-24(7-5-23)14-8-13(15(17,18)19)21-10-22-14/h1-3,8,10H,4-7,9H2. The highest BCUT2D eigenvalue weighted by Gasteiger charge is 2.33. The van der Waals surface area contributed by atoms with E-state index in [2.05, 4.69) is 15.0 Å². The van der Waals surface area contributed by atoms with Crippen molar-refractivity contribution in [3.05, 3.63) is 47.9 Å². The Hall–Kier alpha value is -2.29. The van der Waals surface area contributed by atoms with Crippen molar-refractivity contribution in [2.45, 2.75) is 12.7 Å². The lowest BCUT2D eigenvalue weighted by atomic mass is 10.2. The number of hydrogen-bond acceptors (Lipinski definition) is 5. The van der Waals surface area contributed by atoms with Crippen molar-refractivity contribution < 1.29 is 17.6 Å². The second-order valence-electron chi connectivity index (χ2n) is 5.45. The number of anilines is 1. The summed E-state index contributed by atoms with van der Waals surface area (Å²) < 4.78 is 51.8. The number of hydrogen-bond donors (Lipinski definition) is 0. The zero-order chi connectivity index (χ0) is 17.2. The van der Waals surface area contributed by atoms with Gasteiger partial charge >= 0.3 is 6.18 Å². The molecule has 1 saturated heterocycles. The molecule has 0 unspecified atom stereocenters. The van der Waals surface area contributed by atoms with Gasteiger partial charge in [0.1, 0.15) is 23.7 Å². The van der Waals surface area contributed by atoms with Crippen molar-refractivity contribution in [1.29, 1.82) is 0 Å². The Balaban J connectivity index is 1.62. The SMILES string of the molecule is Fc1cccnc1CN1CCN(c2cc(C(F)(F)F)ncn2)CC1. The number of halogens is 4. The van der Waals surface area contributed by atoms with E-state index in [9.17, 15) is 17.6 Å². The highest BCUT2D eigenvalue weighted by atomic mass is 19.4. The monoisotopic (exact) mass is 341 g/mol. The fourth-order valence-corrected chi connectivity index (χ4v) is 2.56. The Morgan fingerprint density at radius 3 is 2.46 bits per heavy atom. The molecule has 5 nitrogen and oxygen atoms in total. The average Bonchev–Trinajstić information content (AvgIpc) is 2.57. The van der Waals surface area contributed by atoms with Crippen molar-refractivity contribution in [3.8, 4) is 0 Å². The first kappa shape index (κ1) is 16.6. The lowest BCUT2D eigenvalue weighted by molar-refractivity contribution is -0.141. The molecule has 1 aliphatic heterocycles. The summed E-state index contributed by atoms with van der Waals surface area (Å²) in [5.41, 5.74) is -0.585. The number of aromatic nitrogens is 3. The van der Waals surface area contributed by atoms with Gasteiger partial charge in [0, 0.05) is 45.0 Å². The second kappa shape index (κ2) is 6.68. The van der Waals surface area contributed by atoms with Gasteiger partial charge < -0.3 is 4.90 Å². The highest BCUT2D eigenvalue weighted by Crippen LogP contribution is 2.29. The number of nitrogens with zero attached hydrogens (tertiary/aromatic N) is 5. The molecule has 0 radical (unpaired) electrons. The molecule has 0 aliphatic carbocycles. The molecule has 3 rings (SSSR count). The summed E-state index contributed by atoms with van der Waals surface area (Å²) in [7, 11) is 0. The minimum Gasteiger partial charge on any atom is -0.354 e. The maximum absolute atomic E-state index is 13.6. The van der Waals surface area contributed by atoms with Crippen LogP contribution in [-0.4, -0.2) is 46.0 Å². The van der Waals surface area contributed by atoms with Gasteiger partial charge in [0.25, 0.3) is 0 Å². The molecule has 3 heterocycles. The van der Waals surface area contributed by atoms with E-state index in [4.69, 9.17) is 0 Å². The van der Waals surface area contributed by atoms with Crippen LogP contribution in [-0.2, 0) is 12.7 Å². The minimum atomic E-state index is -4.49. The van der Waals surface area contributed by atoms with Crippen LogP contribution in [0, 0.1) is 5.82 Å². The number of pyridine rings is 1. The lowest BCUT2D eigenvalue weighted by Crippen LogP contribution is -2.46. The number of piperazine rings is 1. The molecule has 9 heteroatoms. The van der Waals surface area contributed by atoms with E-state index in [1.165, 1.54) is 18.3 Å². The Kier molecular flexibility index (Phi) is 4.61. The molecule has 128 valence electrons. The zero-order valence-corrected chi connectivity index (χ0v) is 12.7. The highest BCUT2D eigenvalue weighted by molar-refractivity contribution is 5.40. The van der Waals surface area contributed by atoms with E-state index in [1.807, 2.05) is 4.90 Å². The smallest absolute Gasteiger partial charge is 0.354 e. The summed E-state index contributed by atoms with van der Waals surface area (Å²) in [4.78, 5) is 15.0. The molecule has 0 amide bonds. The number of alkyl halides is 3. The van der Waals surface area contributed by atoms with E-state index < -0.39 is 11.9 Å². The third kappa shape index (κ3) is 3.78. The van der Waals surface area contributed by atoms with Crippen LogP contribution >= 0.6 is 0 Å². The molecule has 0 spiro atoms. The van der Waals surface area contributed by atoms with Crippen LogP contribution in [0.15, 0.2) is 30.7 Å². The lowest BCUT2D eigenvalue weighted by Gasteiger charge is -2.35. The van der Waals surface area contributed by atoms with Gasteiger partial charge in [-0.15, -0.1) is 0 Å². The Morgan fingerprint density at radius 1 is 1.04 bits per heavy atom. The molecule has 0 N–H and O–H groups in total. The predicted octanol–water partition coefficient (Wildman–Crippen LogP) is 2.35. The Labute approximate surface area is 136 Å². The molecule has 2 aromatic rings. The third-order valence-corrected chi connectivity index (χ3v) is 3.85. The molecule has 0 atom stereocenters. The quantitative estimate of drug-likeness (QED) is 0.802. The zero-order valence-electron chi connectivity index (χ0n) is 12.7. The van der Waals surface area contributed by atoms with E-state index in [0.29, 0.717) is 38.4 Å². The van der Waals surface area contributed by atoms with Gasteiger partial charge in [0.05, 0.1) is 5.69 Å². The summed E-state index contributed by atoms with van der Waals surface area (Å²) in [5, 5.41) is 0. The van der Waals surface area contributed by atoms with Crippen LogP contribution in [0.3, 0.4) is 0 Å². The summed E-state index contributed by atoms with van der Waals surface area (Å²) in [5.74, 6) is -0.105. The van der Waals surface area contributed by atoms with Gasteiger partial charge in [-0.25, -0.2) is 14.4 Å². The molecule has 0 bridgehead atoms. The second-order valence-corrected chi connectivity index (χ2v) is 5.45. The Morgan fingerprint density at radius 2 is 1.79 bits per heavy atom. The molecule has 0 aromatic carbocycles. The topological polar surface area (TPSA) is 45.2 Å². The first-order valence-corrected chi connectivity index (χ1v) is 7.39. The minimum absolute atomic E-state index is 0.251. The maximum Gasteiger partial charge on any atom is 0.433 e. The van der Waals surface area contributed by atoms with Crippen molar-refractivity contribution in [1.82, 2.24) is 19.9 Å². The van der Waals surface area contributed by atoms with Gasteiger partial charge in [-0.3, -0.25) is 9.88 Å². The van der Waals surface area contributed by atoms with E-state index >= 15 is 0 Å². The van der Waals surface area contributed by atoms with Gasteiger partial charge in [0.2, 0.25) is 0 Å². The van der Waals surface area contributed by atoms with Crippen molar-refractivity contribution in [2.75, 3.05) is 31.1 Å². The predicted molar refractivity (Wildman–Crippen MR) is 78.7 cm³/mol. The van der Waals surface area contributed by atoms with E-state index in [0.717, 1.165) is 12.4 Å². The normalized spacial score (nSPS) is 16.4. The molecule has 24 heavy (non-hydrogen) atoms. The molecule has 0 saturated carbocycles. The largest absolute Gasteiger partial charge is 0.433 e. The molecule has 1 aliphatic rings. The van der Waals surface area contributed by atoms with Gasteiger partial charge in [-0.1, -0.05) is 0 Å². The maximum atomic E-state index is 13.6. The molecular weight excluding hydrogens is 326 g/mol. The van der Waals surface area contributed by atoms with Crippen LogP contribution in [0.5, 0.6) is 0 Å². The summed E-state index contributed by atoms with van der Waals surface area (Å²) in [6.45, 7) is 2.55. The van der Waals surface area contributed by atoms with Gasteiger partial charge in [0.15, 0.2) is 0 Å². The van der Waals surface area contributed by atoms with Crippen LogP contribution in [0.1, 0.15) is 11.4 Å². The van der Waals surface area contributed by atoms with Crippen LogP contribution in [0.2, 0.25) is 0 Å². The summed E-state index contributed by atoms with van der Waals surface area (Å²) in [6, 6.07) is 3.84. The van der Waals surface area contributed by atoms with Crippen molar-refractivity contribution in [3.63, 3.8) is 0 Å². The van der Waals surface area contributed by atoms with Crippen LogP contribution < -0.4 is 4.90 Å². The third-order valence-electron chi connectivity index (χ3n) is 3.85. The first-order valence-electron chi connectivity index (χ1n) is 7.39. The van der Waals surface area contributed by atoms with Crippen LogP contribution in [0.4, 0.5) is 23.4 Å². The average molecular weight is 341 g/mol. The van der Waals surface area contributed by atoms with Crippen molar-refractivity contribution in [2.24, 2.45) is 0 Å². The van der Waals surface area contributed by atoms with Gasteiger partial charge in [-0.2, -0.15) is 13.2 Å². The summed E-state index contributed by atoms with van der Waals surface area (Å²) >= 11 is 0. The molecular formula is C15H15F4N5. The number of rotatable bonds is 3. The van der Waals surface area contributed by atoms with E-state index in [-0.39, 0.29) is 11.6 Å². The van der Waals surface area contributed by atoms with Crippen molar-refractivity contribution >= 4 is 5.82 Å². The fourth-order valence-electron chi connectivity index (χ4n) is 2.56. The van der Waals surface area contributed by atoms with Crippen LogP contribution in [0.25, 0.3) is 0 Å². The van der Waals surface area contributed by atoms with Gasteiger partial charge in [-0.05, 0) is 12.1 Å². The fraction of sp³-hybridized carbons (Fsp3) is 0.400. The molecule has 1 fully saturated rings. The summed E-state index contributed by atoms with van der Waals surface area (Å²) in [6.07, 6.45) is -2.03. The first-order chi connectivity index (χ1) is 11.4. The van der Waals surface area contributed by atoms with E-state index in [1.54, 1.807) is 4.90 Å². The Bertz CT molecular complexity index is 698. The molecule has 2 aromatic heterocycles.